The van der Waals surface area contributed by atoms with Gasteiger partial charge in [-0.15, -0.1) is 0 Å². The van der Waals surface area contributed by atoms with Gasteiger partial charge in [-0.25, -0.2) is 14.5 Å². The van der Waals surface area contributed by atoms with Crippen molar-refractivity contribution in [1.82, 2.24) is 5.32 Å². The fraction of sp³-hybridized carbons (Fsp3) is 0.182. The van der Waals surface area contributed by atoms with E-state index >= 15 is 0 Å². The Balaban J connectivity index is 1.96. The van der Waals surface area contributed by atoms with Gasteiger partial charge in [0, 0.05) is 0 Å². The minimum absolute atomic E-state index is 0.119. The van der Waals surface area contributed by atoms with Crippen molar-refractivity contribution in [1.29, 1.82) is 0 Å². The number of carbonyl (C=O) groups excluding carboxylic acids is 4. The van der Waals surface area contributed by atoms with Crippen molar-refractivity contribution in [3.8, 4) is 11.5 Å². The highest BCUT2D eigenvalue weighted by Crippen LogP contribution is 2.36. The molecular formula is C22H19BrN2O7. The summed E-state index contributed by atoms with van der Waals surface area (Å²) in [5.41, 5.74) is 0.522. The van der Waals surface area contributed by atoms with Crippen molar-refractivity contribution < 1.29 is 33.8 Å². The molecule has 1 aliphatic rings. The van der Waals surface area contributed by atoms with Crippen molar-refractivity contribution >= 4 is 51.5 Å². The van der Waals surface area contributed by atoms with Crippen LogP contribution >= 0.6 is 15.9 Å². The fourth-order valence-electron chi connectivity index (χ4n) is 2.96. The molecule has 10 heteroatoms. The molecule has 32 heavy (non-hydrogen) atoms. The van der Waals surface area contributed by atoms with Crippen LogP contribution < -0.4 is 15.0 Å². The molecule has 2 aromatic carbocycles. The van der Waals surface area contributed by atoms with Crippen LogP contribution in [-0.4, -0.2) is 42.1 Å². The van der Waals surface area contributed by atoms with Crippen molar-refractivity contribution in [2.45, 2.75) is 13.8 Å². The third-order valence-corrected chi connectivity index (χ3v) is 5.00. The summed E-state index contributed by atoms with van der Waals surface area (Å²) in [4.78, 5) is 50.4. The van der Waals surface area contributed by atoms with Crippen molar-refractivity contribution in [3.05, 3.63) is 57.6 Å². The van der Waals surface area contributed by atoms with Gasteiger partial charge in [-0.1, -0.05) is 0 Å². The number of rotatable bonds is 6. The van der Waals surface area contributed by atoms with E-state index in [0.717, 1.165) is 4.90 Å². The molecule has 1 saturated heterocycles. The lowest BCUT2D eigenvalue weighted by Gasteiger charge is -2.26. The number of esters is 1. The van der Waals surface area contributed by atoms with E-state index in [9.17, 15) is 24.3 Å². The Bertz CT molecular complexity index is 1130. The number of hydrogen-bond acceptors (Lipinski definition) is 7. The molecule has 2 aromatic rings. The van der Waals surface area contributed by atoms with Crippen LogP contribution in [0, 0.1) is 0 Å². The molecule has 1 fully saturated rings. The number of halogens is 1. The zero-order valence-electron chi connectivity index (χ0n) is 17.2. The number of nitrogens with one attached hydrogen (secondary N) is 1. The largest absolute Gasteiger partial charge is 0.503 e. The number of nitrogens with zero attached hydrogens (tertiary/aromatic N) is 1. The van der Waals surface area contributed by atoms with E-state index in [1.165, 1.54) is 42.5 Å². The summed E-state index contributed by atoms with van der Waals surface area (Å²) in [7, 11) is 0. The number of aromatic hydroxyl groups is 1. The van der Waals surface area contributed by atoms with Crippen molar-refractivity contribution in [2.24, 2.45) is 0 Å². The molecule has 9 nitrogen and oxygen atoms in total. The van der Waals surface area contributed by atoms with Gasteiger partial charge in [-0.3, -0.25) is 14.9 Å². The second-order valence-electron chi connectivity index (χ2n) is 6.51. The summed E-state index contributed by atoms with van der Waals surface area (Å²) in [6, 6.07) is 7.69. The van der Waals surface area contributed by atoms with E-state index < -0.39 is 23.8 Å². The Morgan fingerprint density at radius 2 is 1.81 bits per heavy atom. The highest BCUT2D eigenvalue weighted by Gasteiger charge is 2.37. The summed E-state index contributed by atoms with van der Waals surface area (Å²) in [5.74, 6) is -2.19. The predicted molar refractivity (Wildman–Crippen MR) is 118 cm³/mol. The molecule has 0 spiro atoms. The van der Waals surface area contributed by atoms with E-state index in [-0.39, 0.29) is 34.9 Å². The van der Waals surface area contributed by atoms with Crippen LogP contribution in [0.1, 0.15) is 29.8 Å². The maximum Gasteiger partial charge on any atom is 0.338 e. The SMILES string of the molecule is CCOC(=O)c1ccc(N2C(=O)NC(=O)/C(=C\c3cc(Br)c(O)c(OCC)c3)C2=O)cc1. The molecule has 3 rings (SSSR count). The van der Waals surface area contributed by atoms with Gasteiger partial charge in [0.25, 0.3) is 11.8 Å². The Morgan fingerprint density at radius 1 is 1.12 bits per heavy atom. The number of anilines is 1. The molecule has 166 valence electrons. The number of phenols is 1. The van der Waals surface area contributed by atoms with Crippen LogP contribution in [0.25, 0.3) is 6.08 Å². The molecule has 4 amide bonds. The first-order valence-corrected chi connectivity index (χ1v) is 10.4. The lowest BCUT2D eigenvalue weighted by atomic mass is 10.1. The minimum atomic E-state index is -0.914. The first-order chi connectivity index (χ1) is 15.3. The Kier molecular flexibility index (Phi) is 6.94. The molecule has 1 heterocycles. The van der Waals surface area contributed by atoms with Gasteiger partial charge in [0.2, 0.25) is 0 Å². The Labute approximate surface area is 191 Å². The van der Waals surface area contributed by atoms with Crippen LogP contribution in [0.4, 0.5) is 10.5 Å². The molecule has 0 atom stereocenters. The van der Waals surface area contributed by atoms with Crippen molar-refractivity contribution in [3.63, 3.8) is 0 Å². The average molecular weight is 503 g/mol. The van der Waals surface area contributed by atoms with Crippen LogP contribution in [0.3, 0.4) is 0 Å². The zero-order valence-corrected chi connectivity index (χ0v) is 18.8. The molecule has 0 aromatic heterocycles. The first-order valence-electron chi connectivity index (χ1n) is 9.60. The first kappa shape index (κ1) is 23.0. The topological polar surface area (TPSA) is 122 Å². The summed E-state index contributed by atoms with van der Waals surface area (Å²) < 4.78 is 10.6. The summed E-state index contributed by atoms with van der Waals surface area (Å²) in [5, 5.41) is 12.2. The summed E-state index contributed by atoms with van der Waals surface area (Å²) in [6.45, 7) is 3.93. The van der Waals surface area contributed by atoms with Gasteiger partial charge in [0.15, 0.2) is 11.5 Å². The number of amides is 4. The van der Waals surface area contributed by atoms with E-state index in [1.807, 2.05) is 0 Å². The van der Waals surface area contributed by atoms with Gasteiger partial charge in [-0.2, -0.15) is 0 Å². The molecule has 0 unspecified atom stereocenters. The van der Waals surface area contributed by atoms with Gasteiger partial charge in [0.1, 0.15) is 5.57 Å². The number of benzene rings is 2. The van der Waals surface area contributed by atoms with Crippen molar-refractivity contribution in [2.75, 3.05) is 18.1 Å². The smallest absolute Gasteiger partial charge is 0.338 e. The molecule has 0 radical (unpaired) electrons. The number of carbonyl (C=O) groups is 4. The molecular weight excluding hydrogens is 484 g/mol. The third kappa shape index (κ3) is 4.65. The highest BCUT2D eigenvalue weighted by atomic mass is 79.9. The number of urea groups is 1. The Morgan fingerprint density at radius 3 is 2.44 bits per heavy atom. The summed E-state index contributed by atoms with van der Waals surface area (Å²) in [6.07, 6.45) is 1.29. The van der Waals surface area contributed by atoms with E-state index in [0.29, 0.717) is 16.6 Å². The lowest BCUT2D eigenvalue weighted by Crippen LogP contribution is -2.54. The van der Waals surface area contributed by atoms with Gasteiger partial charge >= 0.3 is 12.0 Å². The fourth-order valence-corrected chi connectivity index (χ4v) is 3.42. The standard InChI is InChI=1S/C22H19BrN2O7/c1-3-31-17-11-12(10-16(23)18(17)26)9-15-19(27)24-22(30)25(20(15)28)14-7-5-13(6-8-14)21(29)32-4-2/h5-11,26H,3-4H2,1-2H3,(H,24,27,30)/b15-9+. The zero-order chi connectivity index (χ0) is 23.4. The Hall–Kier alpha value is -3.66. The quantitative estimate of drug-likeness (QED) is 0.352. The normalized spacial score (nSPS) is 15.0. The van der Waals surface area contributed by atoms with Gasteiger partial charge < -0.3 is 14.6 Å². The van der Waals surface area contributed by atoms with Gasteiger partial charge in [-0.05, 0) is 77.8 Å². The highest BCUT2D eigenvalue weighted by molar-refractivity contribution is 9.10. The number of hydrogen-bond donors (Lipinski definition) is 2. The molecule has 0 saturated carbocycles. The summed E-state index contributed by atoms with van der Waals surface area (Å²) >= 11 is 3.20. The molecule has 0 bridgehead atoms. The predicted octanol–water partition coefficient (Wildman–Crippen LogP) is 3.40. The molecule has 1 aliphatic heterocycles. The van der Waals surface area contributed by atoms with E-state index in [2.05, 4.69) is 21.2 Å². The lowest BCUT2D eigenvalue weighted by molar-refractivity contribution is -0.122. The monoisotopic (exact) mass is 502 g/mol. The second-order valence-corrected chi connectivity index (χ2v) is 7.36. The number of ether oxygens (including phenoxy) is 2. The van der Waals surface area contributed by atoms with Gasteiger partial charge in [0.05, 0.1) is 28.9 Å². The second kappa shape index (κ2) is 9.65. The van der Waals surface area contributed by atoms with E-state index in [1.54, 1.807) is 13.8 Å². The van der Waals surface area contributed by atoms with E-state index in [4.69, 9.17) is 9.47 Å². The third-order valence-electron chi connectivity index (χ3n) is 4.40. The average Bonchev–Trinajstić information content (AvgIpc) is 2.75. The maximum absolute atomic E-state index is 13.0. The van der Waals surface area contributed by atoms with Crippen LogP contribution in [0.15, 0.2) is 46.4 Å². The number of barbiturate groups is 1. The minimum Gasteiger partial charge on any atom is -0.503 e. The molecule has 0 aliphatic carbocycles. The number of phenolic OH excluding ortho intramolecular Hbond substituents is 1. The van der Waals surface area contributed by atoms with Crippen LogP contribution in [0.5, 0.6) is 11.5 Å². The maximum atomic E-state index is 13.0. The molecule has 2 N–H and O–H groups in total. The van der Waals surface area contributed by atoms with Crippen LogP contribution in [-0.2, 0) is 14.3 Å². The van der Waals surface area contributed by atoms with Crippen LogP contribution in [0.2, 0.25) is 0 Å². The number of imide groups is 2.